The summed E-state index contributed by atoms with van der Waals surface area (Å²) in [5, 5.41) is 7.90. The van der Waals surface area contributed by atoms with Crippen molar-refractivity contribution in [2.45, 2.75) is 46.0 Å². The standard InChI is InChI=1S/C11H22N2/c1-10(2)6-7-11(12)13-8-4-3-5-9-13/h10,12H,3-9H2,1-2H3. The van der Waals surface area contributed by atoms with Crippen LogP contribution in [0.3, 0.4) is 0 Å². The van der Waals surface area contributed by atoms with Crippen LogP contribution in [0.2, 0.25) is 0 Å². The molecule has 1 saturated heterocycles. The summed E-state index contributed by atoms with van der Waals surface area (Å²) in [4.78, 5) is 2.26. The van der Waals surface area contributed by atoms with E-state index < -0.39 is 0 Å². The molecule has 1 rings (SSSR count). The molecule has 0 saturated carbocycles. The highest BCUT2D eigenvalue weighted by Gasteiger charge is 2.12. The van der Waals surface area contributed by atoms with Crippen molar-refractivity contribution in [3.8, 4) is 0 Å². The summed E-state index contributed by atoms with van der Waals surface area (Å²) in [6, 6.07) is 0. The summed E-state index contributed by atoms with van der Waals surface area (Å²) in [6.45, 7) is 6.70. The lowest BCUT2D eigenvalue weighted by atomic mass is 10.1. The van der Waals surface area contributed by atoms with E-state index in [1.165, 1.54) is 19.3 Å². The molecular formula is C11H22N2. The number of nitrogens with one attached hydrogen (secondary N) is 1. The fourth-order valence-corrected chi connectivity index (χ4v) is 1.75. The molecule has 0 bridgehead atoms. The van der Waals surface area contributed by atoms with Crippen molar-refractivity contribution < 1.29 is 0 Å². The summed E-state index contributed by atoms with van der Waals surface area (Å²) in [5.41, 5.74) is 0. The highest BCUT2D eigenvalue weighted by Crippen LogP contribution is 2.12. The van der Waals surface area contributed by atoms with Crippen molar-refractivity contribution in [1.29, 1.82) is 5.41 Å². The van der Waals surface area contributed by atoms with Crippen molar-refractivity contribution in [2.24, 2.45) is 5.92 Å². The van der Waals surface area contributed by atoms with Gasteiger partial charge in [-0.2, -0.15) is 0 Å². The number of likely N-dealkylation sites (tertiary alicyclic amines) is 1. The van der Waals surface area contributed by atoms with E-state index in [1.54, 1.807) is 0 Å². The molecule has 2 heteroatoms. The molecule has 0 atom stereocenters. The van der Waals surface area contributed by atoms with Crippen LogP contribution in [0.4, 0.5) is 0 Å². The molecule has 0 amide bonds. The maximum atomic E-state index is 7.90. The van der Waals surface area contributed by atoms with Crippen LogP contribution in [0.25, 0.3) is 0 Å². The van der Waals surface area contributed by atoms with E-state index >= 15 is 0 Å². The Labute approximate surface area is 81.8 Å². The molecule has 0 spiro atoms. The van der Waals surface area contributed by atoms with E-state index in [0.29, 0.717) is 0 Å². The Morgan fingerprint density at radius 1 is 1.23 bits per heavy atom. The molecule has 1 N–H and O–H groups in total. The first kappa shape index (κ1) is 10.6. The second-order valence-electron chi connectivity index (χ2n) is 4.43. The fourth-order valence-electron chi connectivity index (χ4n) is 1.75. The fraction of sp³-hybridized carbons (Fsp3) is 0.909. The molecule has 0 unspecified atom stereocenters. The van der Waals surface area contributed by atoms with E-state index in [0.717, 1.165) is 37.7 Å². The summed E-state index contributed by atoms with van der Waals surface area (Å²) < 4.78 is 0. The molecule has 1 heterocycles. The molecular weight excluding hydrogens is 160 g/mol. The first-order valence-corrected chi connectivity index (χ1v) is 5.52. The summed E-state index contributed by atoms with van der Waals surface area (Å²) >= 11 is 0. The van der Waals surface area contributed by atoms with Gasteiger partial charge in [0.25, 0.3) is 0 Å². The number of hydrogen-bond donors (Lipinski definition) is 1. The molecule has 1 aliphatic rings. The van der Waals surface area contributed by atoms with Crippen molar-refractivity contribution in [1.82, 2.24) is 4.90 Å². The number of nitrogens with zero attached hydrogens (tertiary/aromatic N) is 1. The van der Waals surface area contributed by atoms with Crippen molar-refractivity contribution in [3.63, 3.8) is 0 Å². The smallest absolute Gasteiger partial charge is 0.0957 e. The SMILES string of the molecule is CC(C)CCC(=N)N1CCCCC1. The zero-order valence-corrected chi connectivity index (χ0v) is 8.97. The Bertz CT molecular complexity index is 157. The highest BCUT2D eigenvalue weighted by atomic mass is 15.2. The van der Waals surface area contributed by atoms with Gasteiger partial charge in [0.05, 0.1) is 5.84 Å². The lowest BCUT2D eigenvalue weighted by Gasteiger charge is -2.29. The van der Waals surface area contributed by atoms with E-state index in [2.05, 4.69) is 18.7 Å². The molecule has 0 radical (unpaired) electrons. The zero-order chi connectivity index (χ0) is 9.68. The highest BCUT2D eigenvalue weighted by molar-refractivity contribution is 5.79. The number of piperidine rings is 1. The van der Waals surface area contributed by atoms with Gasteiger partial charge >= 0.3 is 0 Å². The van der Waals surface area contributed by atoms with Crippen LogP contribution in [-0.2, 0) is 0 Å². The second-order valence-corrected chi connectivity index (χ2v) is 4.43. The third-order valence-electron chi connectivity index (χ3n) is 2.70. The summed E-state index contributed by atoms with van der Waals surface area (Å²) in [6.07, 6.45) is 6.05. The predicted octanol–water partition coefficient (Wildman–Crippen LogP) is 2.89. The van der Waals surface area contributed by atoms with E-state index in [9.17, 15) is 0 Å². The lowest BCUT2D eigenvalue weighted by molar-refractivity contribution is 0.332. The molecule has 76 valence electrons. The molecule has 1 fully saturated rings. The van der Waals surface area contributed by atoms with Gasteiger partial charge in [-0.15, -0.1) is 0 Å². The molecule has 0 aromatic heterocycles. The van der Waals surface area contributed by atoms with Gasteiger partial charge in [-0.1, -0.05) is 13.8 Å². The molecule has 0 aromatic rings. The van der Waals surface area contributed by atoms with Gasteiger partial charge in [0.2, 0.25) is 0 Å². The Kier molecular flexibility index (Phi) is 4.26. The summed E-state index contributed by atoms with van der Waals surface area (Å²) in [5.74, 6) is 1.60. The van der Waals surface area contributed by atoms with Crippen LogP contribution in [0, 0.1) is 11.3 Å². The van der Waals surface area contributed by atoms with Crippen LogP contribution in [0.1, 0.15) is 46.0 Å². The van der Waals surface area contributed by atoms with Gasteiger partial charge in [0, 0.05) is 19.5 Å². The van der Waals surface area contributed by atoms with Gasteiger partial charge < -0.3 is 4.90 Å². The van der Waals surface area contributed by atoms with Crippen molar-refractivity contribution in [3.05, 3.63) is 0 Å². The predicted molar refractivity (Wildman–Crippen MR) is 57.2 cm³/mol. The molecule has 2 nitrogen and oxygen atoms in total. The average Bonchev–Trinajstić information content (AvgIpc) is 2.15. The second kappa shape index (κ2) is 5.25. The Balaban J connectivity index is 2.21. The quantitative estimate of drug-likeness (QED) is 0.527. The maximum Gasteiger partial charge on any atom is 0.0957 e. The first-order chi connectivity index (χ1) is 6.20. The van der Waals surface area contributed by atoms with Crippen LogP contribution < -0.4 is 0 Å². The number of hydrogen-bond acceptors (Lipinski definition) is 1. The zero-order valence-electron chi connectivity index (χ0n) is 8.97. The van der Waals surface area contributed by atoms with Crippen molar-refractivity contribution in [2.75, 3.05) is 13.1 Å². The van der Waals surface area contributed by atoms with E-state index in [4.69, 9.17) is 5.41 Å². The van der Waals surface area contributed by atoms with E-state index in [-0.39, 0.29) is 0 Å². The molecule has 0 aliphatic carbocycles. The Hall–Kier alpha value is -0.530. The number of rotatable bonds is 3. The minimum Gasteiger partial charge on any atom is -0.361 e. The third-order valence-corrected chi connectivity index (χ3v) is 2.70. The lowest BCUT2D eigenvalue weighted by Crippen LogP contribution is -2.35. The molecule has 1 aliphatic heterocycles. The average molecular weight is 182 g/mol. The van der Waals surface area contributed by atoms with Crippen LogP contribution in [0.5, 0.6) is 0 Å². The molecule has 0 aromatic carbocycles. The normalized spacial score (nSPS) is 17.9. The third kappa shape index (κ3) is 3.79. The minimum atomic E-state index is 0.727. The topological polar surface area (TPSA) is 27.1 Å². The summed E-state index contributed by atoms with van der Waals surface area (Å²) in [7, 11) is 0. The Morgan fingerprint density at radius 2 is 1.85 bits per heavy atom. The van der Waals surface area contributed by atoms with Gasteiger partial charge in [0.15, 0.2) is 0 Å². The van der Waals surface area contributed by atoms with Gasteiger partial charge in [0.1, 0.15) is 0 Å². The van der Waals surface area contributed by atoms with Crippen molar-refractivity contribution >= 4 is 5.84 Å². The largest absolute Gasteiger partial charge is 0.361 e. The van der Waals surface area contributed by atoms with Crippen LogP contribution >= 0.6 is 0 Å². The first-order valence-electron chi connectivity index (χ1n) is 5.52. The monoisotopic (exact) mass is 182 g/mol. The van der Waals surface area contributed by atoms with Gasteiger partial charge in [-0.25, -0.2) is 0 Å². The maximum absolute atomic E-state index is 7.90. The van der Waals surface area contributed by atoms with Gasteiger partial charge in [-0.05, 0) is 31.6 Å². The molecule has 13 heavy (non-hydrogen) atoms. The number of amidine groups is 1. The van der Waals surface area contributed by atoms with Gasteiger partial charge in [-0.3, -0.25) is 5.41 Å². The minimum absolute atomic E-state index is 0.727. The van der Waals surface area contributed by atoms with Crippen LogP contribution in [-0.4, -0.2) is 23.8 Å². The van der Waals surface area contributed by atoms with Crippen LogP contribution in [0.15, 0.2) is 0 Å². The van der Waals surface area contributed by atoms with E-state index in [1.807, 2.05) is 0 Å². The Morgan fingerprint density at radius 3 is 2.38 bits per heavy atom.